The predicted molar refractivity (Wildman–Crippen MR) is 290 cm³/mol. The fraction of sp³-hybridized carbons (Fsp3) is 0.468. The summed E-state index contributed by atoms with van der Waals surface area (Å²) in [4.78, 5) is 63.2. The molecule has 0 heterocycles. The van der Waals surface area contributed by atoms with Gasteiger partial charge < -0.3 is 33.5 Å². The second-order valence-corrected chi connectivity index (χ2v) is 20.2. The van der Waals surface area contributed by atoms with Crippen LogP contribution in [0.5, 0.6) is 5.75 Å². The minimum absolute atomic E-state index is 0.0607. The molecular weight excluding hydrogens is 956 g/mol. The van der Waals surface area contributed by atoms with Gasteiger partial charge in [0, 0.05) is 27.9 Å². The number of aliphatic hydroxyl groups excluding tert-OH is 1. The number of rotatable bonds is 31. The van der Waals surface area contributed by atoms with Gasteiger partial charge in [0.05, 0.1) is 25.4 Å². The molecule has 0 unspecified atom stereocenters. The molecule has 0 bridgehead atoms. The first-order valence-electron chi connectivity index (χ1n) is 26.2. The average molecular weight is 1040 g/mol. The summed E-state index contributed by atoms with van der Waals surface area (Å²) in [6.45, 7) is 26.4. The first-order valence-corrected chi connectivity index (χ1v) is 26.2. The van der Waals surface area contributed by atoms with Crippen LogP contribution < -0.4 is 4.74 Å². The van der Waals surface area contributed by atoms with Crippen molar-refractivity contribution < 1.29 is 61.9 Å². The zero-order valence-corrected chi connectivity index (χ0v) is 45.3. The van der Waals surface area contributed by atoms with Gasteiger partial charge in [-0.3, -0.25) is 0 Å². The van der Waals surface area contributed by atoms with Gasteiger partial charge in [0.15, 0.2) is 0 Å². The minimum atomic E-state index is -1.51. The number of hydrogen-bond donors (Lipinski definition) is 1. The third kappa shape index (κ3) is 18.6. The maximum absolute atomic E-state index is 16.6. The van der Waals surface area contributed by atoms with E-state index in [0.29, 0.717) is 60.5 Å². The molecule has 0 radical (unpaired) electrons. The number of aryl methyl sites for hydroxylation is 3. The Morgan fingerprint density at radius 3 is 1.64 bits per heavy atom. The lowest BCUT2D eigenvalue weighted by Gasteiger charge is -2.32. The first kappa shape index (κ1) is 61.0. The highest BCUT2D eigenvalue weighted by Gasteiger charge is 2.38. The third-order valence-electron chi connectivity index (χ3n) is 13.5. The van der Waals surface area contributed by atoms with Gasteiger partial charge in [0.25, 0.3) is 0 Å². The normalized spacial score (nSPS) is 14.2. The zero-order chi connectivity index (χ0) is 55.2. The van der Waals surface area contributed by atoms with Crippen molar-refractivity contribution in [1.82, 2.24) is 0 Å². The van der Waals surface area contributed by atoms with E-state index in [1.807, 2.05) is 31.2 Å². The van der Waals surface area contributed by atoms with Crippen molar-refractivity contribution in [3.8, 4) is 28.0 Å². The van der Waals surface area contributed by atoms with Gasteiger partial charge in [-0.2, -0.15) is 0 Å². The van der Waals surface area contributed by atoms with Crippen molar-refractivity contribution in [2.75, 3.05) is 46.2 Å². The molecule has 75 heavy (non-hydrogen) atoms. The molecule has 13 heteroatoms. The lowest BCUT2D eigenvalue weighted by Crippen LogP contribution is -2.44. The Bertz CT molecular complexity index is 2530. The van der Waals surface area contributed by atoms with E-state index in [4.69, 9.17) is 28.4 Å². The fourth-order valence-electron chi connectivity index (χ4n) is 8.91. The molecule has 0 aliphatic heterocycles. The molecular formula is C62H79FO12. The van der Waals surface area contributed by atoms with Crippen molar-refractivity contribution >= 4 is 29.8 Å². The number of unbranched alkanes of at least 4 members (excludes halogenated alkanes) is 2. The summed E-state index contributed by atoms with van der Waals surface area (Å²) in [6, 6.07) is 15.4. The Balaban J connectivity index is 1.82. The molecule has 0 amide bonds. The zero-order valence-electron chi connectivity index (χ0n) is 45.3. The van der Waals surface area contributed by atoms with E-state index in [9.17, 15) is 29.1 Å². The van der Waals surface area contributed by atoms with Gasteiger partial charge in [0.2, 0.25) is 0 Å². The Hall–Kier alpha value is -6.60. The van der Waals surface area contributed by atoms with Crippen LogP contribution in [0.15, 0.2) is 109 Å². The lowest BCUT2D eigenvalue weighted by molar-refractivity contribution is -0.160. The highest BCUT2D eigenvalue weighted by Crippen LogP contribution is 2.41. The predicted octanol–water partition coefficient (Wildman–Crippen LogP) is 12.4. The summed E-state index contributed by atoms with van der Waals surface area (Å²) in [6.07, 6.45) is 11.7. The monoisotopic (exact) mass is 1030 g/mol. The van der Waals surface area contributed by atoms with Crippen LogP contribution in [0.1, 0.15) is 134 Å². The molecule has 0 saturated heterocycles. The molecule has 1 fully saturated rings. The van der Waals surface area contributed by atoms with Crippen molar-refractivity contribution in [1.29, 1.82) is 0 Å². The maximum Gasteiger partial charge on any atom is 0.335 e. The topological polar surface area (TPSA) is 161 Å². The number of carbonyl (C=O) groups excluding carboxylic acids is 5. The Kier molecular flexibility index (Phi) is 24.4. The van der Waals surface area contributed by atoms with E-state index in [1.54, 1.807) is 26.0 Å². The SMILES string of the molecule is C=C(C)C(=O)OCCCc1cc(-c2cc(CC)c(-c3ccc(C4CCC(CCCCC)CC4)cc3F)cc2CCCOC(=O)C(=C)C)ccc1OCC(COC(=O)C(=C)C)(COC(=O)C(=C)C)COC(=O)C(=C)CO. The number of ether oxygens (including phenoxy) is 6. The molecule has 3 aromatic carbocycles. The highest BCUT2D eigenvalue weighted by atomic mass is 19.1. The van der Waals surface area contributed by atoms with E-state index in [0.717, 1.165) is 52.1 Å². The summed E-state index contributed by atoms with van der Waals surface area (Å²) < 4.78 is 50.8. The quantitative estimate of drug-likeness (QED) is 0.0281. The van der Waals surface area contributed by atoms with Gasteiger partial charge in [-0.15, -0.1) is 0 Å². The molecule has 1 N–H and O–H groups in total. The summed E-state index contributed by atoms with van der Waals surface area (Å²) in [5.41, 5.74) is 5.45. The van der Waals surface area contributed by atoms with Crippen molar-refractivity contribution in [3.63, 3.8) is 0 Å². The smallest absolute Gasteiger partial charge is 0.335 e. The number of hydrogen-bond acceptors (Lipinski definition) is 12. The van der Waals surface area contributed by atoms with Crippen LogP contribution >= 0.6 is 0 Å². The summed E-state index contributed by atoms with van der Waals surface area (Å²) in [7, 11) is 0. The number of carbonyl (C=O) groups is 5. The van der Waals surface area contributed by atoms with Gasteiger partial charge in [0.1, 0.15) is 43.4 Å². The minimum Gasteiger partial charge on any atom is -0.492 e. The standard InChI is InChI=1S/C62H79FO12/c1-12-14-15-18-45-21-23-47(24-22-45)48-25-27-52(55(63)34-48)54-33-49(19-16-29-70-57(65)40(3)4)53(32-46(54)13-2)50-26-28-56(51(31-50)20-17-30-71-58(66)41(5)6)72-36-62(37-73-59(67)42(7)8,38-74-60(68)43(9)10)39-75-61(69)44(11)35-64/h25-28,31-34,45,47,64H,3,5,7,9,11-24,29-30,35-39H2,1-2,4,6,8,10H3. The molecule has 3 aromatic rings. The Labute approximate surface area is 444 Å². The number of halogens is 1. The molecule has 12 nitrogen and oxygen atoms in total. The average Bonchev–Trinajstić information content (AvgIpc) is 3.39. The highest BCUT2D eigenvalue weighted by molar-refractivity contribution is 5.89. The molecule has 1 aliphatic rings. The van der Waals surface area contributed by atoms with E-state index in [2.05, 4.69) is 52.0 Å². The van der Waals surface area contributed by atoms with E-state index in [1.165, 1.54) is 52.4 Å². The summed E-state index contributed by atoms with van der Waals surface area (Å²) in [5, 5.41) is 9.59. The molecule has 406 valence electrons. The molecule has 0 spiro atoms. The van der Waals surface area contributed by atoms with Crippen LogP contribution in [-0.4, -0.2) is 81.2 Å². The van der Waals surface area contributed by atoms with Crippen LogP contribution in [0.25, 0.3) is 22.3 Å². The van der Waals surface area contributed by atoms with E-state index in [-0.39, 0.29) is 47.9 Å². The van der Waals surface area contributed by atoms with Crippen molar-refractivity contribution in [2.45, 2.75) is 131 Å². The lowest BCUT2D eigenvalue weighted by atomic mass is 9.76. The number of benzene rings is 3. The number of aliphatic hydroxyl groups is 1. The number of esters is 5. The van der Waals surface area contributed by atoms with Gasteiger partial charge in [-0.1, -0.05) is 103 Å². The van der Waals surface area contributed by atoms with Crippen LogP contribution in [0, 0.1) is 17.2 Å². The van der Waals surface area contributed by atoms with Gasteiger partial charge >= 0.3 is 29.8 Å². The molecule has 1 saturated carbocycles. The maximum atomic E-state index is 16.6. The van der Waals surface area contributed by atoms with Gasteiger partial charge in [-0.25, -0.2) is 28.4 Å². The van der Waals surface area contributed by atoms with Gasteiger partial charge in [-0.05, 0) is 154 Å². The fourth-order valence-corrected chi connectivity index (χ4v) is 8.91. The summed E-state index contributed by atoms with van der Waals surface area (Å²) in [5.74, 6) is -2.29. The second-order valence-electron chi connectivity index (χ2n) is 20.2. The van der Waals surface area contributed by atoms with E-state index >= 15 is 4.39 Å². The third-order valence-corrected chi connectivity index (χ3v) is 13.5. The first-order chi connectivity index (χ1) is 35.7. The molecule has 4 rings (SSSR count). The molecule has 1 aliphatic carbocycles. The Morgan fingerprint density at radius 2 is 1.12 bits per heavy atom. The van der Waals surface area contributed by atoms with Crippen molar-refractivity contribution in [3.05, 3.63) is 137 Å². The van der Waals surface area contributed by atoms with Crippen LogP contribution in [0.4, 0.5) is 4.39 Å². The molecule has 0 atom stereocenters. The van der Waals surface area contributed by atoms with Crippen LogP contribution in [0.2, 0.25) is 0 Å². The van der Waals surface area contributed by atoms with Crippen LogP contribution in [-0.2, 0) is 66.9 Å². The Morgan fingerprint density at radius 1 is 0.587 bits per heavy atom. The largest absolute Gasteiger partial charge is 0.492 e. The van der Waals surface area contributed by atoms with Crippen LogP contribution in [0.3, 0.4) is 0 Å². The van der Waals surface area contributed by atoms with Crippen molar-refractivity contribution in [2.24, 2.45) is 11.3 Å². The molecule has 0 aromatic heterocycles. The summed E-state index contributed by atoms with van der Waals surface area (Å²) >= 11 is 0. The van der Waals surface area contributed by atoms with E-state index < -0.39 is 61.7 Å². The second kappa shape index (κ2) is 30.1.